The Kier molecular flexibility index (Phi) is 6.32. The lowest BCUT2D eigenvalue weighted by atomic mass is 10.3. The molecule has 0 radical (unpaired) electrons. The number of ether oxygens (including phenoxy) is 1. The number of aryl methyl sites for hydroxylation is 1. The number of hydrogen-bond donors (Lipinski definition) is 3. The van der Waals surface area contributed by atoms with Crippen LogP contribution in [0.1, 0.15) is 5.69 Å². The summed E-state index contributed by atoms with van der Waals surface area (Å²) in [6.07, 6.45) is 0. The first kappa shape index (κ1) is 16.4. The van der Waals surface area contributed by atoms with E-state index in [4.69, 9.17) is 4.74 Å². The van der Waals surface area contributed by atoms with Crippen molar-refractivity contribution in [1.29, 1.82) is 0 Å². The van der Waals surface area contributed by atoms with Crippen LogP contribution in [0.4, 0.5) is 16.5 Å². The lowest BCUT2D eigenvalue weighted by Crippen LogP contribution is -2.30. The average molecular weight is 320 g/mol. The minimum absolute atomic E-state index is 0.0765. The third-order valence-electron chi connectivity index (χ3n) is 2.81. The van der Waals surface area contributed by atoms with Gasteiger partial charge in [0.1, 0.15) is 0 Å². The summed E-state index contributed by atoms with van der Waals surface area (Å²) in [5.41, 5.74) is 2.70. The van der Waals surface area contributed by atoms with Crippen LogP contribution in [0, 0.1) is 6.92 Å². The Morgan fingerprint density at radius 1 is 1.27 bits per heavy atom. The van der Waals surface area contributed by atoms with Crippen LogP contribution in [0.15, 0.2) is 29.6 Å². The lowest BCUT2D eigenvalue weighted by molar-refractivity contribution is -0.115. The molecule has 6 nitrogen and oxygen atoms in total. The molecule has 0 spiro atoms. The third kappa shape index (κ3) is 5.44. The normalized spacial score (nSPS) is 10.5. The minimum atomic E-state index is -0.0765. The highest BCUT2D eigenvalue weighted by Crippen LogP contribution is 2.21. The maximum absolute atomic E-state index is 11.7. The summed E-state index contributed by atoms with van der Waals surface area (Å²) in [5.74, 6) is -0.0765. The number of hydrogen-bond acceptors (Lipinski definition) is 6. The molecule has 118 valence electrons. The van der Waals surface area contributed by atoms with Gasteiger partial charge >= 0.3 is 0 Å². The van der Waals surface area contributed by atoms with E-state index in [9.17, 15) is 4.79 Å². The molecular weight excluding hydrogens is 300 g/mol. The van der Waals surface area contributed by atoms with Gasteiger partial charge in [0.15, 0.2) is 5.13 Å². The summed E-state index contributed by atoms with van der Waals surface area (Å²) in [7, 11) is 1.63. The molecule has 1 aromatic heterocycles. The fourth-order valence-corrected chi connectivity index (χ4v) is 2.46. The molecule has 0 fully saturated rings. The van der Waals surface area contributed by atoms with Crippen LogP contribution in [0.2, 0.25) is 0 Å². The maximum atomic E-state index is 11.7. The van der Waals surface area contributed by atoms with Gasteiger partial charge in [-0.05, 0) is 31.2 Å². The van der Waals surface area contributed by atoms with Gasteiger partial charge in [0, 0.05) is 30.4 Å². The highest BCUT2D eigenvalue weighted by Gasteiger charge is 2.03. The predicted molar refractivity (Wildman–Crippen MR) is 90.0 cm³/mol. The van der Waals surface area contributed by atoms with E-state index >= 15 is 0 Å². The van der Waals surface area contributed by atoms with Crippen molar-refractivity contribution in [1.82, 2.24) is 10.3 Å². The quantitative estimate of drug-likeness (QED) is 0.651. The molecule has 0 atom stereocenters. The zero-order chi connectivity index (χ0) is 15.8. The Balaban J connectivity index is 1.80. The van der Waals surface area contributed by atoms with Gasteiger partial charge in [-0.15, -0.1) is 11.3 Å². The number of methoxy groups -OCH3 is 1. The number of carbonyl (C=O) groups excluding carboxylic acids is 1. The number of nitrogens with zero attached hydrogens (tertiary/aromatic N) is 1. The number of rotatable bonds is 8. The Morgan fingerprint density at radius 3 is 2.64 bits per heavy atom. The summed E-state index contributed by atoms with van der Waals surface area (Å²) < 4.78 is 4.90. The number of benzene rings is 1. The second-order valence-corrected chi connectivity index (χ2v) is 5.57. The minimum Gasteiger partial charge on any atom is -0.383 e. The van der Waals surface area contributed by atoms with Gasteiger partial charge < -0.3 is 20.7 Å². The van der Waals surface area contributed by atoms with Crippen molar-refractivity contribution in [3.63, 3.8) is 0 Å². The van der Waals surface area contributed by atoms with Gasteiger partial charge in [-0.1, -0.05) is 0 Å². The van der Waals surface area contributed by atoms with E-state index in [1.807, 2.05) is 36.6 Å². The second kappa shape index (κ2) is 8.47. The summed E-state index contributed by atoms with van der Waals surface area (Å²) in [6.45, 7) is 3.46. The first-order valence-electron chi connectivity index (χ1n) is 6.96. The molecule has 2 aromatic rings. The second-order valence-electron chi connectivity index (χ2n) is 4.71. The van der Waals surface area contributed by atoms with Crippen LogP contribution >= 0.6 is 11.3 Å². The number of nitrogens with one attached hydrogen (secondary N) is 3. The fourth-order valence-electron chi connectivity index (χ4n) is 1.75. The molecule has 0 unspecified atom stereocenters. The Hall–Kier alpha value is -1.96. The van der Waals surface area contributed by atoms with Gasteiger partial charge in [0.2, 0.25) is 5.91 Å². The van der Waals surface area contributed by atoms with E-state index in [1.54, 1.807) is 18.4 Å². The van der Waals surface area contributed by atoms with Gasteiger partial charge in [-0.2, -0.15) is 0 Å². The van der Waals surface area contributed by atoms with Crippen LogP contribution in [-0.4, -0.2) is 37.7 Å². The van der Waals surface area contributed by atoms with Crippen molar-refractivity contribution < 1.29 is 9.53 Å². The summed E-state index contributed by atoms with van der Waals surface area (Å²) >= 11 is 1.56. The van der Waals surface area contributed by atoms with Crippen molar-refractivity contribution >= 4 is 33.8 Å². The molecule has 0 aliphatic rings. The average Bonchev–Trinajstić information content (AvgIpc) is 2.91. The van der Waals surface area contributed by atoms with Crippen LogP contribution in [-0.2, 0) is 9.53 Å². The van der Waals surface area contributed by atoms with Gasteiger partial charge in [-0.25, -0.2) is 4.98 Å². The monoisotopic (exact) mass is 320 g/mol. The smallest absolute Gasteiger partial charge is 0.238 e. The van der Waals surface area contributed by atoms with Gasteiger partial charge in [-0.3, -0.25) is 4.79 Å². The van der Waals surface area contributed by atoms with Crippen molar-refractivity contribution in [3.8, 4) is 0 Å². The highest BCUT2D eigenvalue weighted by molar-refractivity contribution is 7.13. The molecule has 1 heterocycles. The highest BCUT2D eigenvalue weighted by atomic mass is 32.1. The molecule has 2 rings (SSSR count). The number of amides is 1. The van der Waals surface area contributed by atoms with Crippen molar-refractivity contribution in [2.24, 2.45) is 0 Å². The van der Waals surface area contributed by atoms with E-state index < -0.39 is 0 Å². The molecule has 1 amide bonds. The predicted octanol–water partition coefficient (Wildman–Crippen LogP) is 2.37. The lowest BCUT2D eigenvalue weighted by Gasteiger charge is -2.08. The maximum Gasteiger partial charge on any atom is 0.238 e. The third-order valence-corrected chi connectivity index (χ3v) is 3.68. The van der Waals surface area contributed by atoms with Crippen LogP contribution in [0.3, 0.4) is 0 Å². The van der Waals surface area contributed by atoms with Crippen molar-refractivity contribution in [2.45, 2.75) is 6.92 Å². The first-order chi connectivity index (χ1) is 10.7. The molecule has 0 aliphatic heterocycles. The van der Waals surface area contributed by atoms with Crippen LogP contribution in [0.5, 0.6) is 0 Å². The number of thiazole rings is 1. The molecular formula is C15H20N4O2S. The Bertz CT molecular complexity index is 598. The van der Waals surface area contributed by atoms with E-state index in [-0.39, 0.29) is 12.5 Å². The zero-order valence-electron chi connectivity index (χ0n) is 12.7. The molecule has 22 heavy (non-hydrogen) atoms. The molecule has 0 saturated heterocycles. The van der Waals surface area contributed by atoms with Crippen molar-refractivity contribution in [2.75, 3.05) is 37.4 Å². The number of aromatic nitrogens is 1. The van der Waals surface area contributed by atoms with Gasteiger partial charge in [0.25, 0.3) is 0 Å². The molecule has 7 heteroatoms. The summed E-state index contributed by atoms with van der Waals surface area (Å²) in [5, 5.41) is 11.9. The number of carbonyl (C=O) groups is 1. The first-order valence-corrected chi connectivity index (χ1v) is 7.84. The van der Waals surface area contributed by atoms with Crippen molar-refractivity contribution in [3.05, 3.63) is 35.3 Å². The molecule has 0 bridgehead atoms. The zero-order valence-corrected chi connectivity index (χ0v) is 13.5. The molecule has 1 aromatic carbocycles. The van der Waals surface area contributed by atoms with Crippen LogP contribution < -0.4 is 16.0 Å². The fraction of sp³-hybridized carbons (Fsp3) is 0.333. The largest absolute Gasteiger partial charge is 0.383 e. The SMILES string of the molecule is COCCNCC(=O)Nc1ccc(Nc2nc(C)cs2)cc1. The standard InChI is InChI=1S/C15H20N4O2S/c1-11-10-22-15(17-11)19-13-5-3-12(4-6-13)18-14(20)9-16-7-8-21-2/h3-6,10,16H,7-9H2,1-2H3,(H,17,19)(H,18,20). The van der Waals surface area contributed by atoms with E-state index in [0.29, 0.717) is 13.2 Å². The molecule has 0 saturated carbocycles. The summed E-state index contributed by atoms with van der Waals surface area (Å²) in [6, 6.07) is 7.53. The Morgan fingerprint density at radius 2 is 2.00 bits per heavy atom. The summed E-state index contributed by atoms with van der Waals surface area (Å²) in [4.78, 5) is 16.1. The topological polar surface area (TPSA) is 75.3 Å². The number of anilines is 3. The Labute approximate surface area is 133 Å². The molecule has 3 N–H and O–H groups in total. The van der Waals surface area contributed by atoms with E-state index in [0.717, 1.165) is 22.2 Å². The molecule has 0 aliphatic carbocycles. The van der Waals surface area contributed by atoms with E-state index in [2.05, 4.69) is 20.9 Å². The van der Waals surface area contributed by atoms with Crippen LogP contribution in [0.25, 0.3) is 0 Å². The van der Waals surface area contributed by atoms with Gasteiger partial charge in [0.05, 0.1) is 18.8 Å². The van der Waals surface area contributed by atoms with E-state index in [1.165, 1.54) is 0 Å².